The molecule has 2 N–H and O–H groups in total. The Labute approximate surface area is 132 Å². The summed E-state index contributed by atoms with van der Waals surface area (Å²) in [5, 5.41) is 5.60. The zero-order valence-corrected chi connectivity index (χ0v) is 13.7. The van der Waals surface area contributed by atoms with Crippen LogP contribution in [-0.2, 0) is 14.3 Å². The number of ether oxygens (including phenoxy) is 1. The first kappa shape index (κ1) is 16.0. The Morgan fingerprint density at radius 3 is 2.62 bits per heavy atom. The van der Waals surface area contributed by atoms with Gasteiger partial charge in [-0.15, -0.1) is 0 Å². The fourth-order valence-corrected chi connectivity index (χ4v) is 2.60. The molecule has 0 aliphatic heterocycles. The highest BCUT2D eigenvalue weighted by molar-refractivity contribution is 9.10. The van der Waals surface area contributed by atoms with E-state index in [4.69, 9.17) is 4.74 Å². The molecule has 1 saturated carbocycles. The van der Waals surface area contributed by atoms with Crippen LogP contribution in [0.5, 0.6) is 0 Å². The van der Waals surface area contributed by atoms with Crippen LogP contribution in [0.15, 0.2) is 22.7 Å². The summed E-state index contributed by atoms with van der Waals surface area (Å²) in [4.78, 5) is 24.5. The molecule has 0 atom stereocenters. The van der Waals surface area contributed by atoms with Crippen LogP contribution in [0, 0.1) is 12.3 Å². The Morgan fingerprint density at radius 2 is 2.05 bits per heavy atom. The van der Waals surface area contributed by atoms with Gasteiger partial charge in [0.2, 0.25) is 11.8 Å². The number of carbonyl (C=O) groups excluding carboxylic acids is 2. The van der Waals surface area contributed by atoms with Gasteiger partial charge in [-0.3, -0.25) is 9.59 Å². The van der Waals surface area contributed by atoms with Crippen LogP contribution in [0.25, 0.3) is 0 Å². The first-order valence-electron chi connectivity index (χ1n) is 6.84. The van der Waals surface area contributed by atoms with Gasteiger partial charge >= 0.3 is 0 Å². The topological polar surface area (TPSA) is 67.4 Å². The van der Waals surface area contributed by atoms with Crippen LogP contribution >= 0.6 is 15.9 Å². The van der Waals surface area contributed by atoms with Crippen molar-refractivity contribution >= 4 is 33.4 Å². The number of amides is 2. The number of aryl methyl sites for hydroxylation is 1. The SMILES string of the molecule is COCCNC(=O)C1(C(=O)Nc2ccc(Br)cc2C)CC1. The first-order valence-corrected chi connectivity index (χ1v) is 7.64. The molecule has 1 aromatic carbocycles. The van der Waals surface area contributed by atoms with Crippen molar-refractivity contribution in [3.8, 4) is 0 Å². The predicted octanol–water partition coefficient (Wildman–Crippen LogP) is 2.24. The maximum Gasteiger partial charge on any atom is 0.240 e. The highest BCUT2D eigenvalue weighted by Gasteiger charge is 2.56. The maximum absolute atomic E-state index is 12.4. The van der Waals surface area contributed by atoms with Gasteiger partial charge in [0.05, 0.1) is 6.61 Å². The van der Waals surface area contributed by atoms with E-state index in [1.807, 2.05) is 25.1 Å². The average Bonchev–Trinajstić information content (AvgIpc) is 3.23. The van der Waals surface area contributed by atoms with Crippen LogP contribution in [0.3, 0.4) is 0 Å². The Balaban J connectivity index is 2.00. The van der Waals surface area contributed by atoms with Crippen molar-refractivity contribution in [1.29, 1.82) is 0 Å². The van der Waals surface area contributed by atoms with Gasteiger partial charge in [-0.2, -0.15) is 0 Å². The molecule has 0 saturated heterocycles. The zero-order valence-electron chi connectivity index (χ0n) is 12.2. The summed E-state index contributed by atoms with van der Waals surface area (Å²) in [5.41, 5.74) is 0.778. The molecule has 21 heavy (non-hydrogen) atoms. The highest BCUT2D eigenvalue weighted by Crippen LogP contribution is 2.47. The predicted molar refractivity (Wildman–Crippen MR) is 84.1 cm³/mol. The Bertz CT molecular complexity index is 556. The smallest absolute Gasteiger partial charge is 0.240 e. The van der Waals surface area contributed by atoms with Gasteiger partial charge in [-0.1, -0.05) is 15.9 Å². The number of nitrogens with one attached hydrogen (secondary N) is 2. The second-order valence-electron chi connectivity index (χ2n) is 5.24. The molecule has 1 aromatic rings. The summed E-state index contributed by atoms with van der Waals surface area (Å²) < 4.78 is 5.84. The number of benzene rings is 1. The van der Waals surface area contributed by atoms with Crippen molar-refractivity contribution < 1.29 is 14.3 Å². The second kappa shape index (κ2) is 6.58. The fourth-order valence-electron chi connectivity index (χ4n) is 2.13. The molecular formula is C15H19BrN2O3. The molecule has 1 fully saturated rings. The number of hydrogen-bond donors (Lipinski definition) is 2. The van der Waals surface area contributed by atoms with E-state index in [1.165, 1.54) is 0 Å². The standard InChI is InChI=1S/C15H19BrN2O3/c1-10-9-11(16)3-4-12(10)18-14(20)15(5-6-15)13(19)17-7-8-21-2/h3-4,9H,5-8H2,1-2H3,(H,17,19)(H,18,20). The van der Waals surface area contributed by atoms with E-state index >= 15 is 0 Å². The third kappa shape index (κ3) is 3.63. The van der Waals surface area contributed by atoms with Gasteiger partial charge in [0.1, 0.15) is 5.41 Å². The monoisotopic (exact) mass is 354 g/mol. The van der Waals surface area contributed by atoms with Crippen molar-refractivity contribution in [1.82, 2.24) is 5.32 Å². The summed E-state index contributed by atoms with van der Waals surface area (Å²) in [5.74, 6) is -0.449. The second-order valence-corrected chi connectivity index (χ2v) is 6.16. The lowest BCUT2D eigenvalue weighted by Crippen LogP contribution is -2.41. The fraction of sp³-hybridized carbons (Fsp3) is 0.467. The van der Waals surface area contributed by atoms with E-state index in [2.05, 4.69) is 26.6 Å². The molecular weight excluding hydrogens is 336 g/mol. The van der Waals surface area contributed by atoms with Crippen molar-refractivity contribution in [3.63, 3.8) is 0 Å². The number of carbonyl (C=O) groups is 2. The number of rotatable bonds is 6. The summed E-state index contributed by atoms with van der Waals surface area (Å²) in [6.07, 6.45) is 1.18. The number of hydrogen-bond acceptors (Lipinski definition) is 3. The number of anilines is 1. The molecule has 0 radical (unpaired) electrons. The highest BCUT2D eigenvalue weighted by atomic mass is 79.9. The molecule has 1 aliphatic carbocycles. The van der Waals surface area contributed by atoms with Crippen LogP contribution in [0.2, 0.25) is 0 Å². The maximum atomic E-state index is 12.4. The van der Waals surface area contributed by atoms with Gasteiger partial charge in [-0.05, 0) is 43.5 Å². The van der Waals surface area contributed by atoms with Gasteiger partial charge < -0.3 is 15.4 Å². The minimum absolute atomic E-state index is 0.216. The minimum Gasteiger partial charge on any atom is -0.383 e. The first-order chi connectivity index (χ1) is 9.99. The van der Waals surface area contributed by atoms with Crippen LogP contribution < -0.4 is 10.6 Å². The van der Waals surface area contributed by atoms with E-state index < -0.39 is 5.41 Å². The normalized spacial score (nSPS) is 15.4. The molecule has 0 unspecified atom stereocenters. The van der Waals surface area contributed by atoms with Crippen molar-refractivity contribution in [3.05, 3.63) is 28.2 Å². The lowest BCUT2D eigenvalue weighted by atomic mass is 10.0. The molecule has 0 aromatic heterocycles. The molecule has 0 spiro atoms. The summed E-state index contributed by atoms with van der Waals surface area (Å²) in [6, 6.07) is 5.62. The Hall–Kier alpha value is -1.40. The van der Waals surface area contributed by atoms with Crippen molar-refractivity contribution in [2.24, 2.45) is 5.41 Å². The van der Waals surface area contributed by atoms with E-state index in [1.54, 1.807) is 7.11 Å². The molecule has 2 amide bonds. The largest absolute Gasteiger partial charge is 0.383 e. The van der Waals surface area contributed by atoms with Gasteiger partial charge in [0, 0.05) is 23.8 Å². The zero-order chi connectivity index (χ0) is 15.5. The van der Waals surface area contributed by atoms with E-state index in [0.29, 0.717) is 26.0 Å². The van der Waals surface area contributed by atoms with E-state index in [9.17, 15) is 9.59 Å². The lowest BCUT2D eigenvalue weighted by molar-refractivity contribution is -0.134. The molecule has 0 bridgehead atoms. The molecule has 6 heteroatoms. The van der Waals surface area contributed by atoms with Crippen molar-refractivity contribution in [2.45, 2.75) is 19.8 Å². The number of methoxy groups -OCH3 is 1. The third-order valence-corrected chi connectivity index (χ3v) is 4.14. The third-order valence-electron chi connectivity index (χ3n) is 3.65. The van der Waals surface area contributed by atoms with E-state index in [0.717, 1.165) is 15.7 Å². The van der Waals surface area contributed by atoms with Crippen molar-refractivity contribution in [2.75, 3.05) is 25.6 Å². The van der Waals surface area contributed by atoms with Crippen LogP contribution in [0.1, 0.15) is 18.4 Å². The molecule has 5 nitrogen and oxygen atoms in total. The Kier molecular flexibility index (Phi) is 5.00. The molecule has 114 valence electrons. The lowest BCUT2D eigenvalue weighted by Gasteiger charge is -2.16. The van der Waals surface area contributed by atoms with Crippen LogP contribution in [-0.4, -0.2) is 32.1 Å². The quantitative estimate of drug-likeness (QED) is 0.608. The van der Waals surface area contributed by atoms with Gasteiger partial charge in [0.15, 0.2) is 0 Å². The number of halogens is 1. The minimum atomic E-state index is -0.909. The average molecular weight is 355 g/mol. The van der Waals surface area contributed by atoms with E-state index in [-0.39, 0.29) is 11.8 Å². The van der Waals surface area contributed by atoms with Gasteiger partial charge in [-0.25, -0.2) is 0 Å². The summed E-state index contributed by atoms with van der Waals surface area (Å²) >= 11 is 3.38. The molecule has 1 aliphatic rings. The molecule has 2 rings (SSSR count). The summed E-state index contributed by atoms with van der Waals surface area (Å²) in [6.45, 7) is 2.77. The van der Waals surface area contributed by atoms with Crippen LogP contribution in [0.4, 0.5) is 5.69 Å². The Morgan fingerprint density at radius 1 is 1.33 bits per heavy atom. The molecule has 0 heterocycles. The van der Waals surface area contributed by atoms with Gasteiger partial charge in [0.25, 0.3) is 0 Å². The summed E-state index contributed by atoms with van der Waals surface area (Å²) in [7, 11) is 1.57.